The predicted octanol–water partition coefficient (Wildman–Crippen LogP) is 4.72. The van der Waals surface area contributed by atoms with E-state index in [0.717, 1.165) is 0 Å². The highest BCUT2D eigenvalue weighted by Crippen LogP contribution is 2.27. The second kappa shape index (κ2) is 7.16. The normalized spacial score (nSPS) is 11.6. The zero-order chi connectivity index (χ0) is 19.8. The molecule has 0 unspecified atom stereocenters. The van der Waals surface area contributed by atoms with Gasteiger partial charge in [-0.1, -0.05) is 44.5 Å². The fourth-order valence-corrected chi connectivity index (χ4v) is 3.14. The summed E-state index contributed by atoms with van der Waals surface area (Å²) in [6.07, 6.45) is 0.365. The van der Waals surface area contributed by atoms with Crippen LogP contribution in [0.4, 0.5) is 5.69 Å². The number of para-hydroxylation sites is 1. The number of carbonyl (C=O) groups excluding carboxylic acids is 1. The third kappa shape index (κ3) is 4.19. The summed E-state index contributed by atoms with van der Waals surface area (Å²) in [6, 6.07) is 12.3. The highest BCUT2D eigenvalue weighted by Gasteiger charge is 2.17. The number of rotatable bonds is 3. The van der Waals surface area contributed by atoms with Gasteiger partial charge in [-0.15, -0.1) is 0 Å². The first-order valence-electron chi connectivity index (χ1n) is 8.74. The number of carbonyl (C=O) groups is 1. The lowest BCUT2D eigenvalue weighted by atomic mass is 9.92. The molecular formula is C21H22ClN3O2. The van der Waals surface area contributed by atoms with Gasteiger partial charge in [-0.3, -0.25) is 14.2 Å². The number of nitrogens with zero attached hydrogens (tertiary/aromatic N) is 2. The Balaban J connectivity index is 2.05. The van der Waals surface area contributed by atoms with Gasteiger partial charge in [0.2, 0.25) is 5.91 Å². The van der Waals surface area contributed by atoms with Crippen LogP contribution in [0.1, 0.15) is 33.0 Å². The first kappa shape index (κ1) is 19.1. The van der Waals surface area contributed by atoms with Crippen molar-refractivity contribution in [1.29, 1.82) is 0 Å². The molecule has 1 N–H and O–H groups in total. The maximum absolute atomic E-state index is 13.0. The summed E-state index contributed by atoms with van der Waals surface area (Å²) >= 11 is 6.26. The van der Waals surface area contributed by atoms with E-state index in [9.17, 15) is 9.59 Å². The van der Waals surface area contributed by atoms with Crippen LogP contribution in [0.15, 0.2) is 47.3 Å². The van der Waals surface area contributed by atoms with Crippen molar-refractivity contribution in [2.24, 2.45) is 5.41 Å². The summed E-state index contributed by atoms with van der Waals surface area (Å²) < 4.78 is 1.53. The largest absolute Gasteiger partial charge is 0.325 e. The molecule has 0 saturated heterocycles. The standard InChI is InChI=1S/C21H22ClN3O2/c1-13-23-17-8-6-5-7-15(17)20(27)25(13)14-9-10-16(22)18(11-14)24-19(26)12-21(2,3)4/h5-11H,12H2,1-4H3,(H,24,26). The number of anilines is 1. The fraction of sp³-hybridized carbons (Fsp3) is 0.286. The van der Waals surface area contributed by atoms with E-state index >= 15 is 0 Å². The van der Waals surface area contributed by atoms with E-state index in [1.54, 1.807) is 31.2 Å². The van der Waals surface area contributed by atoms with Crippen LogP contribution in [0.3, 0.4) is 0 Å². The average molecular weight is 384 g/mol. The molecule has 0 atom stereocenters. The monoisotopic (exact) mass is 383 g/mol. The topological polar surface area (TPSA) is 64.0 Å². The van der Waals surface area contributed by atoms with Crippen LogP contribution in [0.25, 0.3) is 16.6 Å². The van der Waals surface area contributed by atoms with E-state index in [2.05, 4.69) is 10.3 Å². The van der Waals surface area contributed by atoms with Crippen molar-refractivity contribution in [2.45, 2.75) is 34.1 Å². The SMILES string of the molecule is Cc1nc2ccccc2c(=O)n1-c1ccc(Cl)c(NC(=O)CC(C)(C)C)c1. The van der Waals surface area contributed by atoms with Crippen LogP contribution in [0.2, 0.25) is 5.02 Å². The number of halogens is 1. The number of nitrogens with one attached hydrogen (secondary N) is 1. The molecule has 0 fully saturated rings. The minimum atomic E-state index is -0.160. The number of fused-ring (bicyclic) bond motifs is 1. The van der Waals surface area contributed by atoms with Crippen molar-refractivity contribution >= 4 is 34.1 Å². The average Bonchev–Trinajstić information content (AvgIpc) is 2.56. The van der Waals surface area contributed by atoms with Gasteiger partial charge in [0.15, 0.2) is 0 Å². The van der Waals surface area contributed by atoms with Crippen LogP contribution < -0.4 is 10.9 Å². The molecule has 0 bridgehead atoms. The maximum Gasteiger partial charge on any atom is 0.265 e. The van der Waals surface area contributed by atoms with E-state index in [4.69, 9.17) is 11.6 Å². The Morgan fingerprint density at radius 2 is 1.89 bits per heavy atom. The molecule has 1 amide bonds. The molecule has 6 heteroatoms. The van der Waals surface area contributed by atoms with E-state index in [-0.39, 0.29) is 16.9 Å². The predicted molar refractivity (Wildman–Crippen MR) is 110 cm³/mol. The first-order valence-corrected chi connectivity index (χ1v) is 9.12. The third-order valence-corrected chi connectivity index (χ3v) is 4.45. The van der Waals surface area contributed by atoms with E-state index < -0.39 is 0 Å². The van der Waals surface area contributed by atoms with Crippen molar-refractivity contribution in [3.8, 4) is 5.69 Å². The Labute approximate surface area is 163 Å². The third-order valence-electron chi connectivity index (χ3n) is 4.12. The van der Waals surface area contributed by atoms with Crippen molar-refractivity contribution in [3.63, 3.8) is 0 Å². The number of benzene rings is 2. The first-order chi connectivity index (χ1) is 12.7. The summed E-state index contributed by atoms with van der Waals surface area (Å²) in [5.41, 5.74) is 1.44. The molecule has 5 nitrogen and oxygen atoms in total. The van der Waals surface area contributed by atoms with E-state index in [0.29, 0.717) is 39.5 Å². The molecule has 0 aliphatic carbocycles. The second-order valence-electron chi connectivity index (χ2n) is 7.77. The Kier molecular flexibility index (Phi) is 5.07. The maximum atomic E-state index is 13.0. The van der Waals surface area contributed by atoms with E-state index in [1.807, 2.05) is 39.0 Å². The molecule has 0 spiro atoms. The molecule has 3 aromatic rings. The van der Waals surface area contributed by atoms with E-state index in [1.165, 1.54) is 4.57 Å². The van der Waals surface area contributed by atoms with Crippen molar-refractivity contribution in [1.82, 2.24) is 9.55 Å². The van der Waals surface area contributed by atoms with Crippen molar-refractivity contribution < 1.29 is 4.79 Å². The number of aromatic nitrogens is 2. The Morgan fingerprint density at radius 1 is 1.19 bits per heavy atom. The summed E-state index contributed by atoms with van der Waals surface area (Å²) in [6.45, 7) is 7.76. The number of hydrogen-bond donors (Lipinski definition) is 1. The zero-order valence-corrected chi connectivity index (χ0v) is 16.6. The lowest BCUT2D eigenvalue weighted by Gasteiger charge is -2.18. The second-order valence-corrected chi connectivity index (χ2v) is 8.17. The lowest BCUT2D eigenvalue weighted by molar-refractivity contribution is -0.117. The van der Waals surface area contributed by atoms with Gasteiger partial charge in [0.25, 0.3) is 5.56 Å². The smallest absolute Gasteiger partial charge is 0.265 e. The molecule has 1 heterocycles. The summed E-state index contributed by atoms with van der Waals surface area (Å²) in [4.78, 5) is 29.8. The Bertz CT molecular complexity index is 1080. The quantitative estimate of drug-likeness (QED) is 0.711. The molecule has 140 valence electrons. The van der Waals surface area contributed by atoms with Gasteiger partial charge in [0, 0.05) is 6.42 Å². The summed E-state index contributed by atoms with van der Waals surface area (Å²) in [5.74, 6) is 0.440. The Morgan fingerprint density at radius 3 is 2.59 bits per heavy atom. The van der Waals surface area contributed by atoms with Crippen LogP contribution in [0, 0.1) is 12.3 Å². The molecule has 1 aromatic heterocycles. The molecule has 3 rings (SSSR count). The Hall–Kier alpha value is -2.66. The molecule has 0 aliphatic rings. The molecule has 0 aliphatic heterocycles. The molecular weight excluding hydrogens is 362 g/mol. The molecule has 0 radical (unpaired) electrons. The minimum Gasteiger partial charge on any atom is -0.325 e. The number of aryl methyl sites for hydroxylation is 1. The van der Waals surface area contributed by atoms with Gasteiger partial charge in [-0.25, -0.2) is 4.98 Å². The minimum absolute atomic E-state index is 0.123. The summed E-state index contributed by atoms with van der Waals surface area (Å²) in [7, 11) is 0. The highest BCUT2D eigenvalue weighted by atomic mass is 35.5. The van der Waals surface area contributed by atoms with Crippen LogP contribution in [-0.2, 0) is 4.79 Å². The van der Waals surface area contributed by atoms with Crippen molar-refractivity contribution in [3.05, 3.63) is 63.7 Å². The van der Waals surface area contributed by atoms with Gasteiger partial charge < -0.3 is 5.32 Å². The fourth-order valence-electron chi connectivity index (χ4n) is 2.97. The van der Waals surface area contributed by atoms with Gasteiger partial charge in [-0.2, -0.15) is 0 Å². The summed E-state index contributed by atoms with van der Waals surface area (Å²) in [5, 5.41) is 3.80. The van der Waals surface area contributed by atoms with Gasteiger partial charge in [0.1, 0.15) is 5.82 Å². The van der Waals surface area contributed by atoms with Crippen LogP contribution >= 0.6 is 11.6 Å². The van der Waals surface area contributed by atoms with Crippen LogP contribution in [0.5, 0.6) is 0 Å². The van der Waals surface area contributed by atoms with Gasteiger partial charge in [-0.05, 0) is 42.7 Å². The highest BCUT2D eigenvalue weighted by molar-refractivity contribution is 6.33. The van der Waals surface area contributed by atoms with Crippen molar-refractivity contribution in [2.75, 3.05) is 5.32 Å². The number of amides is 1. The molecule has 27 heavy (non-hydrogen) atoms. The molecule has 0 saturated carbocycles. The lowest BCUT2D eigenvalue weighted by Crippen LogP contribution is -2.23. The molecule has 2 aromatic carbocycles. The zero-order valence-electron chi connectivity index (χ0n) is 15.8. The number of hydrogen-bond acceptors (Lipinski definition) is 3. The van der Waals surface area contributed by atoms with Gasteiger partial charge >= 0.3 is 0 Å². The van der Waals surface area contributed by atoms with Crippen LogP contribution in [-0.4, -0.2) is 15.5 Å². The van der Waals surface area contributed by atoms with Gasteiger partial charge in [0.05, 0.1) is 27.3 Å².